The average molecular weight is 363 g/mol. The molecule has 6 heteroatoms. The van der Waals surface area contributed by atoms with Gasteiger partial charge in [-0.2, -0.15) is 0 Å². The summed E-state index contributed by atoms with van der Waals surface area (Å²) >= 11 is 9.58. The first-order valence-corrected chi connectivity index (χ1v) is 7.54. The molecule has 4 nitrogen and oxygen atoms in total. The van der Waals surface area contributed by atoms with Gasteiger partial charge in [-0.3, -0.25) is 0 Å². The first kappa shape index (κ1) is 15.4. The third-order valence-corrected chi connectivity index (χ3v) is 3.79. The third kappa shape index (κ3) is 3.79. The Labute approximate surface area is 131 Å². The van der Waals surface area contributed by atoms with E-state index in [0.29, 0.717) is 23.7 Å². The fourth-order valence-corrected chi connectivity index (χ4v) is 2.65. The van der Waals surface area contributed by atoms with Crippen molar-refractivity contribution in [1.29, 1.82) is 0 Å². The zero-order chi connectivity index (χ0) is 14.9. The number of carbonyl (C=O) groups excluding carboxylic acids is 1. The molecule has 1 atom stereocenters. The number of benzene rings is 1. The highest BCUT2D eigenvalue weighted by molar-refractivity contribution is 9.10. The van der Waals surface area contributed by atoms with Crippen LogP contribution < -0.4 is 10.1 Å². The number of halogens is 2. The van der Waals surface area contributed by atoms with Crippen molar-refractivity contribution in [3.8, 4) is 5.75 Å². The van der Waals surface area contributed by atoms with E-state index in [-0.39, 0.29) is 6.10 Å². The maximum atomic E-state index is 11.6. The van der Waals surface area contributed by atoms with E-state index in [1.165, 1.54) is 0 Å². The second-order valence-electron chi connectivity index (χ2n) is 5.66. The summed E-state index contributed by atoms with van der Waals surface area (Å²) in [6, 6.07) is 3.68. The molecule has 1 unspecified atom stereocenters. The van der Waals surface area contributed by atoms with Crippen LogP contribution in [0.15, 0.2) is 16.6 Å². The highest BCUT2D eigenvalue weighted by Crippen LogP contribution is 2.40. The van der Waals surface area contributed by atoms with Gasteiger partial charge in [0.2, 0.25) is 0 Å². The average Bonchev–Trinajstić information content (AvgIpc) is 2.75. The molecule has 1 amide bonds. The maximum absolute atomic E-state index is 11.6. The Morgan fingerprint density at radius 3 is 2.85 bits per heavy atom. The van der Waals surface area contributed by atoms with Crippen molar-refractivity contribution in [2.75, 3.05) is 6.54 Å². The Morgan fingerprint density at radius 1 is 1.55 bits per heavy atom. The monoisotopic (exact) mass is 361 g/mol. The molecular formula is C14H17BrClNO3. The summed E-state index contributed by atoms with van der Waals surface area (Å²) in [7, 11) is 0. The van der Waals surface area contributed by atoms with Crippen LogP contribution in [0, 0.1) is 0 Å². The van der Waals surface area contributed by atoms with Gasteiger partial charge in [0.25, 0.3) is 0 Å². The van der Waals surface area contributed by atoms with Gasteiger partial charge in [0.05, 0.1) is 11.6 Å². The molecule has 0 aliphatic carbocycles. The molecule has 1 heterocycles. The number of carbonyl (C=O) groups is 1. The van der Waals surface area contributed by atoms with Gasteiger partial charge >= 0.3 is 6.09 Å². The van der Waals surface area contributed by atoms with E-state index in [0.717, 1.165) is 10.0 Å². The van der Waals surface area contributed by atoms with Gasteiger partial charge in [0, 0.05) is 16.5 Å². The number of nitrogens with one attached hydrogen (secondary N) is 1. The van der Waals surface area contributed by atoms with Crippen molar-refractivity contribution >= 4 is 33.6 Å². The van der Waals surface area contributed by atoms with Gasteiger partial charge in [-0.1, -0.05) is 27.5 Å². The van der Waals surface area contributed by atoms with E-state index in [2.05, 4.69) is 21.2 Å². The van der Waals surface area contributed by atoms with E-state index in [4.69, 9.17) is 21.1 Å². The normalized spacial score (nSPS) is 17.4. The lowest BCUT2D eigenvalue weighted by molar-refractivity contribution is 0.0506. The van der Waals surface area contributed by atoms with Gasteiger partial charge in [-0.15, -0.1) is 0 Å². The van der Waals surface area contributed by atoms with Crippen molar-refractivity contribution in [2.24, 2.45) is 0 Å². The summed E-state index contributed by atoms with van der Waals surface area (Å²) < 4.78 is 11.9. The molecule has 1 aliphatic heterocycles. The molecule has 1 aliphatic rings. The van der Waals surface area contributed by atoms with Crippen molar-refractivity contribution in [1.82, 2.24) is 5.32 Å². The van der Waals surface area contributed by atoms with E-state index >= 15 is 0 Å². The van der Waals surface area contributed by atoms with Crippen LogP contribution >= 0.6 is 27.5 Å². The van der Waals surface area contributed by atoms with Crippen LogP contribution in [0.1, 0.15) is 26.3 Å². The number of rotatable bonds is 2. The lowest BCUT2D eigenvalue weighted by Gasteiger charge is -2.20. The Bertz CT molecular complexity index is 497. The van der Waals surface area contributed by atoms with E-state index in [1.807, 2.05) is 26.8 Å². The highest BCUT2D eigenvalue weighted by Gasteiger charge is 2.28. The minimum atomic E-state index is -0.504. The van der Waals surface area contributed by atoms with Crippen molar-refractivity contribution in [3.05, 3.63) is 27.2 Å². The van der Waals surface area contributed by atoms with Gasteiger partial charge < -0.3 is 14.8 Å². The molecule has 0 bridgehead atoms. The first-order chi connectivity index (χ1) is 9.26. The quantitative estimate of drug-likeness (QED) is 0.867. The molecule has 0 fully saturated rings. The summed E-state index contributed by atoms with van der Waals surface area (Å²) in [4.78, 5) is 11.6. The fraction of sp³-hybridized carbons (Fsp3) is 0.500. The second-order valence-corrected chi connectivity index (χ2v) is 6.93. The summed E-state index contributed by atoms with van der Waals surface area (Å²) in [5, 5.41) is 3.30. The summed E-state index contributed by atoms with van der Waals surface area (Å²) in [5.74, 6) is 0.692. The molecule has 1 aromatic carbocycles. The zero-order valence-electron chi connectivity index (χ0n) is 11.6. The molecule has 20 heavy (non-hydrogen) atoms. The minimum Gasteiger partial charge on any atom is -0.486 e. The topological polar surface area (TPSA) is 47.6 Å². The SMILES string of the molecule is CC(C)(C)OC(=O)NCC1Cc2c(Br)ccc(Cl)c2O1. The maximum Gasteiger partial charge on any atom is 0.407 e. The second kappa shape index (κ2) is 5.82. The van der Waals surface area contributed by atoms with Crippen LogP contribution in [0.25, 0.3) is 0 Å². The standard InChI is InChI=1S/C14H17BrClNO3/c1-14(2,3)20-13(18)17-7-8-6-9-10(15)4-5-11(16)12(9)19-8/h4-5,8H,6-7H2,1-3H3,(H,17,18). The molecule has 1 aromatic rings. The number of alkyl carbamates (subject to hydrolysis) is 1. The van der Waals surface area contributed by atoms with Gasteiger partial charge in [-0.05, 0) is 32.9 Å². The lowest BCUT2D eigenvalue weighted by Crippen LogP contribution is -2.38. The third-order valence-electron chi connectivity index (χ3n) is 2.74. The Morgan fingerprint density at radius 2 is 2.25 bits per heavy atom. The Balaban J connectivity index is 1.91. The van der Waals surface area contributed by atoms with Crippen LogP contribution in [0.3, 0.4) is 0 Å². The summed E-state index contributed by atoms with van der Waals surface area (Å²) in [6.07, 6.45) is 0.127. The van der Waals surface area contributed by atoms with E-state index < -0.39 is 11.7 Å². The number of fused-ring (bicyclic) bond motifs is 1. The predicted octanol–water partition coefficient (Wildman–Crippen LogP) is 3.93. The summed E-state index contributed by atoms with van der Waals surface area (Å²) in [5.41, 5.74) is 0.532. The minimum absolute atomic E-state index is 0.131. The van der Waals surface area contributed by atoms with E-state index in [9.17, 15) is 4.79 Å². The first-order valence-electron chi connectivity index (χ1n) is 6.36. The fourth-order valence-electron chi connectivity index (χ4n) is 1.95. The molecule has 0 spiro atoms. The highest BCUT2D eigenvalue weighted by atomic mass is 79.9. The largest absolute Gasteiger partial charge is 0.486 e. The number of hydrogen-bond donors (Lipinski definition) is 1. The molecule has 0 radical (unpaired) electrons. The van der Waals surface area contributed by atoms with Crippen molar-refractivity contribution < 1.29 is 14.3 Å². The molecule has 110 valence electrons. The molecule has 2 rings (SSSR count). The van der Waals surface area contributed by atoms with Gasteiger partial charge in [0.15, 0.2) is 0 Å². The predicted molar refractivity (Wildman–Crippen MR) is 81.5 cm³/mol. The van der Waals surface area contributed by atoms with Crippen LogP contribution in [0.2, 0.25) is 5.02 Å². The van der Waals surface area contributed by atoms with E-state index in [1.54, 1.807) is 6.07 Å². The Kier molecular flexibility index (Phi) is 4.49. The molecular weight excluding hydrogens is 346 g/mol. The van der Waals surface area contributed by atoms with Crippen LogP contribution in [0.5, 0.6) is 5.75 Å². The van der Waals surface area contributed by atoms with Gasteiger partial charge in [0.1, 0.15) is 17.5 Å². The zero-order valence-corrected chi connectivity index (χ0v) is 14.0. The van der Waals surface area contributed by atoms with Crippen molar-refractivity contribution in [2.45, 2.75) is 38.9 Å². The molecule has 0 saturated carbocycles. The summed E-state index contributed by atoms with van der Waals surface area (Å²) in [6.45, 7) is 5.86. The number of hydrogen-bond acceptors (Lipinski definition) is 3. The van der Waals surface area contributed by atoms with Crippen molar-refractivity contribution in [3.63, 3.8) is 0 Å². The lowest BCUT2D eigenvalue weighted by atomic mass is 10.1. The molecule has 0 aromatic heterocycles. The van der Waals surface area contributed by atoms with Crippen LogP contribution in [-0.4, -0.2) is 24.3 Å². The Hall–Kier alpha value is -0.940. The smallest absolute Gasteiger partial charge is 0.407 e. The van der Waals surface area contributed by atoms with Crippen LogP contribution in [-0.2, 0) is 11.2 Å². The molecule has 0 saturated heterocycles. The number of amides is 1. The van der Waals surface area contributed by atoms with Crippen LogP contribution in [0.4, 0.5) is 4.79 Å². The molecule has 1 N–H and O–H groups in total. The van der Waals surface area contributed by atoms with Gasteiger partial charge in [-0.25, -0.2) is 4.79 Å². The number of ether oxygens (including phenoxy) is 2.